The summed E-state index contributed by atoms with van der Waals surface area (Å²) in [6.45, 7) is -0.297. The zero-order valence-corrected chi connectivity index (χ0v) is 18.7. The largest absolute Gasteiger partial charge is 0.484 e. The second-order valence-electron chi connectivity index (χ2n) is 5.78. The number of rotatable bonds is 7. The van der Waals surface area contributed by atoms with E-state index < -0.39 is 21.8 Å². The number of anilines is 1. The van der Waals surface area contributed by atoms with Crippen LogP contribution >= 0.6 is 47.0 Å². The van der Waals surface area contributed by atoms with Crippen molar-refractivity contribution in [2.75, 3.05) is 19.0 Å². The van der Waals surface area contributed by atoms with Gasteiger partial charge >= 0.3 is 5.97 Å². The van der Waals surface area contributed by atoms with Crippen LogP contribution in [0.3, 0.4) is 0 Å². The highest BCUT2D eigenvalue weighted by molar-refractivity contribution is 7.80. The van der Waals surface area contributed by atoms with Gasteiger partial charge in [-0.15, -0.1) is 0 Å². The molecule has 0 aliphatic carbocycles. The van der Waals surface area contributed by atoms with Crippen LogP contribution in [0.25, 0.3) is 0 Å². The topological polar surface area (TPSA) is 88.7 Å². The van der Waals surface area contributed by atoms with E-state index in [-0.39, 0.29) is 17.3 Å². The number of benzene rings is 2. The zero-order valence-electron chi connectivity index (χ0n) is 15.7. The number of hydrogen-bond donors (Lipinski definition) is 3. The molecule has 0 aromatic heterocycles. The lowest BCUT2D eigenvalue weighted by Gasteiger charge is -2.28. The first-order chi connectivity index (χ1) is 14.2. The molecule has 0 aliphatic heterocycles. The molecule has 0 unspecified atom stereocenters. The van der Waals surface area contributed by atoms with Crippen molar-refractivity contribution < 1.29 is 19.1 Å². The highest BCUT2D eigenvalue weighted by atomic mass is 35.6. The number of esters is 1. The second kappa shape index (κ2) is 11.2. The molecule has 0 heterocycles. The molecule has 2 rings (SSSR count). The average Bonchev–Trinajstić information content (AvgIpc) is 2.71. The maximum atomic E-state index is 12.2. The minimum Gasteiger partial charge on any atom is -0.484 e. The molecule has 0 saturated carbocycles. The van der Waals surface area contributed by atoms with E-state index in [4.69, 9.17) is 56.5 Å². The molecule has 1 amide bonds. The molecule has 3 N–H and O–H groups in total. The molecular formula is C19H18Cl3N3O4S. The van der Waals surface area contributed by atoms with Gasteiger partial charge in [0.25, 0.3) is 5.91 Å². The number of halogens is 3. The van der Waals surface area contributed by atoms with Gasteiger partial charge in [-0.25, -0.2) is 4.79 Å². The highest BCUT2D eigenvalue weighted by Gasteiger charge is 2.34. The number of amides is 1. The summed E-state index contributed by atoms with van der Waals surface area (Å²) in [4.78, 5) is 24.1. The molecule has 0 radical (unpaired) electrons. The summed E-state index contributed by atoms with van der Waals surface area (Å²) >= 11 is 23.1. The molecule has 11 heteroatoms. The molecule has 7 nitrogen and oxygen atoms in total. The van der Waals surface area contributed by atoms with Gasteiger partial charge in [-0.3, -0.25) is 4.79 Å². The summed E-state index contributed by atoms with van der Waals surface area (Å²) < 4.78 is 8.17. The number of thiocarbonyl (C=S) groups is 1. The van der Waals surface area contributed by atoms with Gasteiger partial charge in [0.05, 0.1) is 18.4 Å². The fraction of sp³-hybridized carbons (Fsp3) is 0.211. The Morgan fingerprint density at radius 1 is 1.03 bits per heavy atom. The number of para-hydroxylation sites is 2. The number of methoxy groups -OCH3 is 1. The molecule has 2 aromatic carbocycles. The van der Waals surface area contributed by atoms with Gasteiger partial charge in [0, 0.05) is 0 Å². The van der Waals surface area contributed by atoms with Crippen LogP contribution in [0.1, 0.15) is 10.4 Å². The van der Waals surface area contributed by atoms with Crippen LogP contribution in [0.4, 0.5) is 5.69 Å². The fourth-order valence-corrected chi connectivity index (χ4v) is 2.79. The van der Waals surface area contributed by atoms with Gasteiger partial charge in [0.2, 0.25) is 3.79 Å². The van der Waals surface area contributed by atoms with Crippen molar-refractivity contribution in [2.45, 2.75) is 9.96 Å². The Labute approximate surface area is 194 Å². The third-order valence-corrected chi connectivity index (χ3v) is 4.48. The van der Waals surface area contributed by atoms with Gasteiger partial charge in [-0.1, -0.05) is 65.1 Å². The van der Waals surface area contributed by atoms with Gasteiger partial charge in [0.15, 0.2) is 11.7 Å². The van der Waals surface area contributed by atoms with Crippen molar-refractivity contribution in [3.8, 4) is 5.75 Å². The highest BCUT2D eigenvalue weighted by Crippen LogP contribution is 2.29. The van der Waals surface area contributed by atoms with E-state index in [1.54, 1.807) is 48.5 Å². The number of carbonyl (C=O) groups is 2. The quantitative estimate of drug-likeness (QED) is 0.236. The van der Waals surface area contributed by atoms with E-state index in [1.807, 2.05) is 6.07 Å². The van der Waals surface area contributed by atoms with Crippen molar-refractivity contribution in [1.29, 1.82) is 0 Å². The first-order valence-electron chi connectivity index (χ1n) is 8.49. The molecule has 2 aromatic rings. The van der Waals surface area contributed by atoms with Crippen LogP contribution < -0.4 is 20.7 Å². The Kier molecular flexibility index (Phi) is 8.98. The number of nitrogens with one attached hydrogen (secondary N) is 3. The maximum absolute atomic E-state index is 12.2. The lowest BCUT2D eigenvalue weighted by molar-refractivity contribution is -0.123. The molecule has 160 valence electrons. The van der Waals surface area contributed by atoms with Gasteiger partial charge in [0.1, 0.15) is 11.9 Å². The van der Waals surface area contributed by atoms with Crippen LogP contribution in [0.5, 0.6) is 5.75 Å². The van der Waals surface area contributed by atoms with Crippen molar-refractivity contribution in [3.05, 3.63) is 60.2 Å². The Balaban J connectivity index is 2.00. The minimum absolute atomic E-state index is 0.00644. The SMILES string of the molecule is COC(=O)c1ccccc1NC(=S)N[C@@H](NC(=O)COc1ccccc1)C(Cl)(Cl)Cl. The van der Waals surface area contributed by atoms with Crippen molar-refractivity contribution >= 4 is 69.7 Å². The minimum atomic E-state index is -1.93. The van der Waals surface area contributed by atoms with Gasteiger partial charge < -0.3 is 25.4 Å². The van der Waals surface area contributed by atoms with Crippen molar-refractivity contribution in [1.82, 2.24) is 10.6 Å². The summed E-state index contributed by atoms with van der Waals surface area (Å²) in [5, 5.41) is 8.03. The Bertz CT molecular complexity index is 894. The van der Waals surface area contributed by atoms with E-state index in [2.05, 4.69) is 16.0 Å². The molecule has 0 spiro atoms. The summed E-state index contributed by atoms with van der Waals surface area (Å²) in [6.07, 6.45) is -1.18. The molecule has 1 atom stereocenters. The Hall–Kier alpha value is -2.26. The van der Waals surface area contributed by atoms with E-state index >= 15 is 0 Å². The molecule has 30 heavy (non-hydrogen) atoms. The summed E-state index contributed by atoms with van der Waals surface area (Å²) in [7, 11) is 1.27. The van der Waals surface area contributed by atoms with Crippen molar-refractivity contribution in [3.63, 3.8) is 0 Å². The van der Waals surface area contributed by atoms with Crippen LogP contribution in [-0.2, 0) is 9.53 Å². The van der Waals surface area contributed by atoms with Crippen LogP contribution in [0, 0.1) is 0 Å². The predicted octanol–water partition coefficient (Wildman–Crippen LogP) is 3.65. The third-order valence-electron chi connectivity index (χ3n) is 3.60. The standard InChI is InChI=1S/C19H18Cl3N3O4S/c1-28-16(27)13-9-5-6-10-14(13)23-18(30)25-17(19(20,21)22)24-15(26)11-29-12-7-3-2-4-8-12/h2-10,17H,11H2,1H3,(H,24,26)(H2,23,25,30)/t17-/m1/s1. The molecule has 0 bridgehead atoms. The monoisotopic (exact) mass is 489 g/mol. The van der Waals surface area contributed by atoms with Crippen LogP contribution in [0.2, 0.25) is 0 Å². The lowest BCUT2D eigenvalue weighted by atomic mass is 10.2. The first kappa shape index (κ1) is 24.0. The van der Waals surface area contributed by atoms with E-state index in [1.165, 1.54) is 7.11 Å². The molecule has 0 aliphatic rings. The molecule has 0 saturated heterocycles. The number of hydrogen-bond acceptors (Lipinski definition) is 5. The smallest absolute Gasteiger partial charge is 0.339 e. The average molecular weight is 491 g/mol. The predicted molar refractivity (Wildman–Crippen MR) is 121 cm³/mol. The number of carbonyl (C=O) groups excluding carboxylic acids is 2. The van der Waals surface area contributed by atoms with Gasteiger partial charge in [-0.05, 0) is 36.5 Å². The number of ether oxygens (including phenoxy) is 2. The second-order valence-corrected chi connectivity index (χ2v) is 8.56. The molecular weight excluding hydrogens is 473 g/mol. The summed E-state index contributed by atoms with van der Waals surface area (Å²) in [6, 6.07) is 15.3. The van der Waals surface area contributed by atoms with Crippen LogP contribution in [-0.4, -0.2) is 40.7 Å². The first-order valence-corrected chi connectivity index (χ1v) is 10.0. The summed E-state index contributed by atoms with van der Waals surface area (Å²) in [5.74, 6) is -0.576. The number of alkyl halides is 3. The van der Waals surface area contributed by atoms with Gasteiger partial charge in [-0.2, -0.15) is 0 Å². The van der Waals surface area contributed by atoms with E-state index in [0.29, 0.717) is 11.4 Å². The summed E-state index contributed by atoms with van der Waals surface area (Å²) in [5.41, 5.74) is 0.638. The zero-order chi connectivity index (χ0) is 22.1. The lowest BCUT2D eigenvalue weighted by Crippen LogP contribution is -2.57. The normalized spacial score (nSPS) is 11.7. The third kappa shape index (κ3) is 7.53. The van der Waals surface area contributed by atoms with Crippen molar-refractivity contribution in [2.24, 2.45) is 0 Å². The maximum Gasteiger partial charge on any atom is 0.339 e. The molecule has 0 fully saturated rings. The van der Waals surface area contributed by atoms with E-state index in [0.717, 1.165) is 0 Å². The Morgan fingerprint density at radius 3 is 2.30 bits per heavy atom. The fourth-order valence-electron chi connectivity index (χ4n) is 2.24. The van der Waals surface area contributed by atoms with Crippen LogP contribution in [0.15, 0.2) is 54.6 Å². The Morgan fingerprint density at radius 2 is 1.67 bits per heavy atom. The van der Waals surface area contributed by atoms with E-state index in [9.17, 15) is 9.59 Å².